The Morgan fingerprint density at radius 3 is 2.38 bits per heavy atom. The number of aromatic nitrogens is 2. The third-order valence-electron chi connectivity index (χ3n) is 7.27. The molecule has 1 unspecified atom stereocenters. The Balaban J connectivity index is 1.27. The number of fused-ring (bicyclic) bond motifs is 3. The van der Waals surface area contributed by atoms with E-state index in [9.17, 15) is 10.1 Å². The van der Waals surface area contributed by atoms with Crippen LogP contribution in [0.3, 0.4) is 0 Å². The van der Waals surface area contributed by atoms with E-state index in [2.05, 4.69) is 90.9 Å². The smallest absolute Gasteiger partial charge is 0.238 e. The van der Waals surface area contributed by atoms with Gasteiger partial charge >= 0.3 is 0 Å². The lowest BCUT2D eigenvalue weighted by molar-refractivity contribution is -0.115. The van der Waals surface area contributed by atoms with Crippen molar-refractivity contribution >= 4 is 34.0 Å². The number of rotatable bonds is 6. The zero-order valence-electron chi connectivity index (χ0n) is 22.5. The number of anilines is 1. The molecular weight excluding hydrogens is 533 g/mol. The molecule has 5 nitrogen and oxygen atoms in total. The number of nitrogens with zero attached hydrogens (tertiary/aromatic N) is 2. The Morgan fingerprint density at radius 2 is 1.68 bits per heavy atom. The van der Waals surface area contributed by atoms with Crippen molar-refractivity contribution in [3.05, 3.63) is 101 Å². The topological polar surface area (TPSA) is 81.6 Å². The number of nitrogens with one attached hydrogen (secondary N) is 2. The van der Waals surface area contributed by atoms with Gasteiger partial charge in [0.2, 0.25) is 5.91 Å². The van der Waals surface area contributed by atoms with Gasteiger partial charge < -0.3 is 10.3 Å². The van der Waals surface area contributed by atoms with Crippen molar-refractivity contribution in [2.75, 3.05) is 5.32 Å². The number of carbonyl (C=O) groups is 1. The molecule has 1 atom stereocenters. The van der Waals surface area contributed by atoms with Gasteiger partial charge in [0.15, 0.2) is 5.16 Å². The molecule has 0 bridgehead atoms. The highest BCUT2D eigenvalue weighted by molar-refractivity contribution is 8.00. The third kappa shape index (κ3) is 4.97. The minimum absolute atomic E-state index is 0.154. The fourth-order valence-electron chi connectivity index (χ4n) is 5.04. The van der Waals surface area contributed by atoms with Crippen LogP contribution in [0.2, 0.25) is 0 Å². The molecule has 5 aromatic rings. The van der Waals surface area contributed by atoms with Crippen LogP contribution >= 0.6 is 23.1 Å². The van der Waals surface area contributed by atoms with Crippen molar-refractivity contribution < 1.29 is 4.79 Å². The van der Waals surface area contributed by atoms with Crippen LogP contribution in [0.1, 0.15) is 34.7 Å². The Labute approximate surface area is 242 Å². The van der Waals surface area contributed by atoms with Crippen molar-refractivity contribution in [1.29, 1.82) is 5.26 Å². The average Bonchev–Trinajstić information content (AvgIpc) is 3.55. The van der Waals surface area contributed by atoms with Crippen molar-refractivity contribution in [1.82, 2.24) is 9.97 Å². The maximum absolute atomic E-state index is 13.4. The van der Waals surface area contributed by atoms with Crippen molar-refractivity contribution in [3.63, 3.8) is 0 Å². The molecule has 2 heterocycles. The molecule has 40 heavy (non-hydrogen) atoms. The van der Waals surface area contributed by atoms with Gasteiger partial charge in [-0.3, -0.25) is 4.79 Å². The number of benzene rings is 3. The van der Waals surface area contributed by atoms with Gasteiger partial charge in [0, 0.05) is 16.0 Å². The van der Waals surface area contributed by atoms with Gasteiger partial charge in [-0.1, -0.05) is 95.7 Å². The highest BCUT2D eigenvalue weighted by atomic mass is 32.2. The van der Waals surface area contributed by atoms with Gasteiger partial charge in [-0.2, -0.15) is 5.26 Å². The van der Waals surface area contributed by atoms with E-state index in [1.54, 1.807) is 0 Å². The van der Waals surface area contributed by atoms with E-state index in [1.807, 2.05) is 19.1 Å². The number of amides is 1. The summed E-state index contributed by atoms with van der Waals surface area (Å²) in [5.41, 5.74) is 10.3. The number of nitriles is 1. The number of thiophene rings is 1. The van der Waals surface area contributed by atoms with Crippen LogP contribution in [-0.4, -0.2) is 21.1 Å². The summed E-state index contributed by atoms with van der Waals surface area (Å²) in [6, 6.07) is 27.3. The van der Waals surface area contributed by atoms with Crippen LogP contribution < -0.4 is 5.32 Å². The Morgan fingerprint density at radius 1 is 1.00 bits per heavy atom. The summed E-state index contributed by atoms with van der Waals surface area (Å²) in [7, 11) is 0. The van der Waals surface area contributed by atoms with Crippen LogP contribution in [0.15, 0.2) is 78.0 Å². The van der Waals surface area contributed by atoms with E-state index < -0.39 is 5.25 Å². The van der Waals surface area contributed by atoms with Crippen LogP contribution in [0.4, 0.5) is 5.00 Å². The molecule has 3 aromatic carbocycles. The minimum Gasteiger partial charge on any atom is -0.332 e. The molecule has 7 heteroatoms. The molecular formula is C33H28N4OS2. The first-order valence-corrected chi connectivity index (χ1v) is 15.0. The zero-order chi connectivity index (χ0) is 27.8. The first-order valence-electron chi connectivity index (χ1n) is 13.3. The second-order valence-corrected chi connectivity index (χ2v) is 12.5. The summed E-state index contributed by atoms with van der Waals surface area (Å²) in [6.45, 7) is 6.01. The molecule has 1 aliphatic rings. The number of H-pyrrole nitrogens is 1. The normalized spacial score (nSPS) is 12.8. The molecule has 0 saturated carbocycles. The lowest BCUT2D eigenvalue weighted by Gasteiger charge is -2.15. The molecule has 6 rings (SSSR count). The SMILES string of the molecule is Cc1ccc(-c2nc(SC(C)C(=O)Nc3sc4c(c3C#N)CCc3ccccc3-4)[nH]c2-c2ccc(C)cc2)cc1. The Kier molecular flexibility index (Phi) is 7.05. The lowest BCUT2D eigenvalue weighted by atomic mass is 9.90. The van der Waals surface area contributed by atoms with Gasteiger partial charge in [0.05, 0.1) is 22.2 Å². The van der Waals surface area contributed by atoms with Gasteiger partial charge in [0.25, 0.3) is 0 Å². The van der Waals surface area contributed by atoms with Crippen molar-refractivity contribution in [3.8, 4) is 39.0 Å². The van der Waals surface area contributed by atoms with Crippen LogP contribution in [0, 0.1) is 25.2 Å². The molecule has 2 aromatic heterocycles. The summed E-state index contributed by atoms with van der Waals surface area (Å²) in [4.78, 5) is 22.9. The maximum atomic E-state index is 13.4. The van der Waals surface area contributed by atoms with Crippen molar-refractivity contribution in [2.45, 2.75) is 44.0 Å². The predicted octanol–water partition coefficient (Wildman–Crippen LogP) is 8.18. The molecule has 198 valence electrons. The molecule has 0 fully saturated rings. The number of hydrogen-bond donors (Lipinski definition) is 2. The van der Waals surface area contributed by atoms with E-state index in [0.717, 1.165) is 51.4 Å². The van der Waals surface area contributed by atoms with Gasteiger partial charge in [0.1, 0.15) is 11.1 Å². The highest BCUT2D eigenvalue weighted by Crippen LogP contribution is 2.45. The second kappa shape index (κ2) is 10.8. The largest absolute Gasteiger partial charge is 0.332 e. The summed E-state index contributed by atoms with van der Waals surface area (Å²) in [5, 5.41) is 13.9. The van der Waals surface area contributed by atoms with E-state index in [1.165, 1.54) is 39.8 Å². The van der Waals surface area contributed by atoms with Crippen LogP contribution in [0.25, 0.3) is 33.0 Å². The first-order chi connectivity index (χ1) is 19.4. The van der Waals surface area contributed by atoms with Gasteiger partial charge in [-0.25, -0.2) is 4.98 Å². The van der Waals surface area contributed by atoms with Crippen LogP contribution in [0.5, 0.6) is 0 Å². The molecule has 0 aliphatic heterocycles. The van der Waals surface area contributed by atoms with Crippen molar-refractivity contribution in [2.24, 2.45) is 0 Å². The van der Waals surface area contributed by atoms with Gasteiger partial charge in [-0.15, -0.1) is 11.3 Å². The summed E-state index contributed by atoms with van der Waals surface area (Å²) >= 11 is 2.88. The van der Waals surface area contributed by atoms with E-state index in [0.29, 0.717) is 15.7 Å². The monoisotopic (exact) mass is 560 g/mol. The number of carbonyl (C=O) groups excluding carboxylic acids is 1. The first kappa shape index (κ1) is 26.1. The number of thioether (sulfide) groups is 1. The van der Waals surface area contributed by atoms with E-state index >= 15 is 0 Å². The summed E-state index contributed by atoms with van der Waals surface area (Å²) in [5.74, 6) is -0.154. The standard InChI is InChI=1S/C33H28N4OS2/c1-19-8-12-23(13-9-19)28-29(24-14-10-20(2)11-15-24)36-33(35-28)39-21(3)31(38)37-32-27(18-34)26-17-16-22-6-4-5-7-25(22)30(26)40-32/h4-15,21H,16-17H2,1-3H3,(H,35,36)(H,37,38). The van der Waals surface area contributed by atoms with E-state index in [-0.39, 0.29) is 5.91 Å². The molecule has 0 saturated heterocycles. The fourth-order valence-corrected chi connectivity index (χ4v) is 7.11. The number of aryl methyl sites for hydroxylation is 3. The maximum Gasteiger partial charge on any atom is 0.238 e. The molecule has 0 spiro atoms. The summed E-state index contributed by atoms with van der Waals surface area (Å²) in [6.07, 6.45) is 1.71. The summed E-state index contributed by atoms with van der Waals surface area (Å²) < 4.78 is 0. The van der Waals surface area contributed by atoms with Gasteiger partial charge in [-0.05, 0) is 50.3 Å². The number of aromatic amines is 1. The minimum atomic E-state index is -0.430. The molecule has 2 N–H and O–H groups in total. The molecule has 0 radical (unpaired) electrons. The molecule has 1 aliphatic carbocycles. The highest BCUT2D eigenvalue weighted by Gasteiger charge is 2.27. The zero-order valence-corrected chi connectivity index (χ0v) is 24.2. The Bertz CT molecular complexity index is 1690. The van der Waals surface area contributed by atoms with Crippen LogP contribution in [-0.2, 0) is 17.6 Å². The third-order valence-corrected chi connectivity index (χ3v) is 9.43. The second-order valence-electron chi connectivity index (χ2n) is 10.1. The number of imidazole rings is 1. The quantitative estimate of drug-likeness (QED) is 0.205. The van der Waals surface area contributed by atoms with E-state index in [4.69, 9.17) is 4.98 Å². The molecule has 1 amide bonds. The Hall–Kier alpha value is -4.12. The lowest BCUT2D eigenvalue weighted by Crippen LogP contribution is -2.22. The predicted molar refractivity (Wildman–Crippen MR) is 165 cm³/mol. The average molecular weight is 561 g/mol. The number of hydrogen-bond acceptors (Lipinski definition) is 5. The fraction of sp³-hybridized carbons (Fsp3) is 0.182.